The number of nitriles is 1. The second-order valence-corrected chi connectivity index (χ2v) is 2.42. The predicted molar refractivity (Wildman–Crippen MR) is 49.7 cm³/mol. The lowest BCUT2D eigenvalue weighted by molar-refractivity contribution is 1.09. The zero-order valence-electron chi connectivity index (χ0n) is 6.86. The van der Waals surface area contributed by atoms with Crippen molar-refractivity contribution in [1.29, 1.82) is 10.7 Å². The molecule has 0 saturated heterocycles. The molecule has 0 spiro atoms. The van der Waals surface area contributed by atoms with E-state index < -0.39 is 0 Å². The number of nitrogens with two attached hydrogens (primary N) is 2. The molecule has 5 heteroatoms. The Morgan fingerprint density at radius 2 is 2.23 bits per heavy atom. The first-order valence-corrected chi connectivity index (χ1v) is 3.54. The van der Waals surface area contributed by atoms with Crippen LogP contribution in [0.5, 0.6) is 0 Å². The number of anilines is 1. The van der Waals surface area contributed by atoms with E-state index in [1.54, 1.807) is 24.3 Å². The summed E-state index contributed by atoms with van der Waals surface area (Å²) in [7, 11) is 0. The molecule has 0 aliphatic heterocycles. The quantitative estimate of drug-likeness (QED) is 0.244. The Labute approximate surface area is 75.6 Å². The molecule has 5 N–H and O–H groups in total. The van der Waals surface area contributed by atoms with Gasteiger partial charge in [-0.05, 0) is 18.2 Å². The van der Waals surface area contributed by atoms with Gasteiger partial charge in [0.2, 0.25) is 5.96 Å². The Morgan fingerprint density at radius 3 is 2.77 bits per heavy atom. The van der Waals surface area contributed by atoms with Crippen molar-refractivity contribution in [2.75, 3.05) is 5.01 Å². The van der Waals surface area contributed by atoms with Crippen molar-refractivity contribution in [3.63, 3.8) is 0 Å². The molecule has 13 heavy (non-hydrogen) atoms. The van der Waals surface area contributed by atoms with Gasteiger partial charge >= 0.3 is 0 Å². The van der Waals surface area contributed by atoms with E-state index in [0.717, 1.165) is 5.01 Å². The Kier molecular flexibility index (Phi) is 2.47. The monoisotopic (exact) mass is 175 g/mol. The number of hydrogen-bond acceptors (Lipinski definition) is 3. The summed E-state index contributed by atoms with van der Waals surface area (Å²) in [5.41, 5.74) is 6.16. The summed E-state index contributed by atoms with van der Waals surface area (Å²) in [5, 5.41) is 16.7. The van der Waals surface area contributed by atoms with Crippen LogP contribution < -0.4 is 16.6 Å². The number of hydrogen-bond donors (Lipinski definition) is 3. The van der Waals surface area contributed by atoms with Gasteiger partial charge in [0, 0.05) is 0 Å². The second kappa shape index (κ2) is 3.56. The standard InChI is InChI=1S/C8H9N5/c9-5-6-2-1-3-7(4-6)13(12)8(10)11/h1-4H,12H2,(H3,10,11). The van der Waals surface area contributed by atoms with Crippen LogP contribution in [0.3, 0.4) is 0 Å². The molecule has 1 rings (SSSR count). The summed E-state index contributed by atoms with van der Waals surface area (Å²) in [6.45, 7) is 0. The van der Waals surface area contributed by atoms with Crippen LogP contribution in [0.4, 0.5) is 5.69 Å². The molecule has 5 nitrogen and oxygen atoms in total. The van der Waals surface area contributed by atoms with Gasteiger partial charge in [0.15, 0.2) is 0 Å². The average Bonchev–Trinajstić information content (AvgIpc) is 2.16. The lowest BCUT2D eigenvalue weighted by Gasteiger charge is -2.15. The molecule has 0 fully saturated rings. The maximum atomic E-state index is 8.59. The van der Waals surface area contributed by atoms with Crippen molar-refractivity contribution in [2.24, 2.45) is 11.6 Å². The zero-order chi connectivity index (χ0) is 9.84. The van der Waals surface area contributed by atoms with Gasteiger partial charge in [0.25, 0.3) is 0 Å². The van der Waals surface area contributed by atoms with Gasteiger partial charge < -0.3 is 5.73 Å². The van der Waals surface area contributed by atoms with Gasteiger partial charge in [0.1, 0.15) is 0 Å². The number of benzene rings is 1. The predicted octanol–water partition coefficient (Wildman–Crippen LogP) is 0.132. The molecule has 0 atom stereocenters. The Hall–Kier alpha value is -2.06. The third-order valence-corrected chi connectivity index (χ3v) is 1.51. The molecule has 1 aromatic rings. The van der Waals surface area contributed by atoms with E-state index in [1.807, 2.05) is 6.07 Å². The highest BCUT2D eigenvalue weighted by atomic mass is 15.5. The van der Waals surface area contributed by atoms with E-state index in [2.05, 4.69) is 0 Å². The van der Waals surface area contributed by atoms with Gasteiger partial charge in [-0.1, -0.05) is 6.07 Å². The number of hydrazine groups is 1. The third kappa shape index (κ3) is 1.95. The average molecular weight is 175 g/mol. The fourth-order valence-corrected chi connectivity index (χ4v) is 0.864. The summed E-state index contributed by atoms with van der Waals surface area (Å²) in [4.78, 5) is 0. The Morgan fingerprint density at radius 1 is 1.54 bits per heavy atom. The second-order valence-electron chi connectivity index (χ2n) is 2.42. The smallest absolute Gasteiger partial charge is 0.207 e. The Bertz CT molecular complexity index is 365. The van der Waals surface area contributed by atoms with Gasteiger partial charge in [-0.15, -0.1) is 0 Å². The topological polar surface area (TPSA) is 103 Å². The molecule has 0 saturated carbocycles. The van der Waals surface area contributed by atoms with Crippen LogP contribution in [0.25, 0.3) is 0 Å². The van der Waals surface area contributed by atoms with Crippen molar-refractivity contribution < 1.29 is 0 Å². The summed E-state index contributed by atoms with van der Waals surface area (Å²) < 4.78 is 0. The fraction of sp³-hybridized carbons (Fsp3) is 0. The molecule has 0 bridgehead atoms. The highest BCUT2D eigenvalue weighted by molar-refractivity contribution is 5.91. The van der Waals surface area contributed by atoms with Gasteiger partial charge in [-0.3, -0.25) is 5.41 Å². The van der Waals surface area contributed by atoms with Crippen LogP contribution >= 0.6 is 0 Å². The highest BCUT2D eigenvalue weighted by Gasteiger charge is 2.03. The number of rotatable bonds is 1. The molecule has 0 unspecified atom stereocenters. The molecule has 0 heterocycles. The zero-order valence-corrected chi connectivity index (χ0v) is 6.86. The van der Waals surface area contributed by atoms with E-state index in [1.165, 1.54) is 0 Å². The number of guanidine groups is 1. The molecule has 0 amide bonds. The fourth-order valence-electron chi connectivity index (χ4n) is 0.864. The lowest BCUT2D eigenvalue weighted by atomic mass is 10.2. The minimum Gasteiger partial charge on any atom is -0.369 e. The van der Waals surface area contributed by atoms with E-state index >= 15 is 0 Å². The summed E-state index contributed by atoms with van der Waals surface area (Å²) in [6, 6.07) is 8.52. The summed E-state index contributed by atoms with van der Waals surface area (Å²) in [6.07, 6.45) is 0. The van der Waals surface area contributed by atoms with Crippen molar-refractivity contribution >= 4 is 11.6 Å². The van der Waals surface area contributed by atoms with Gasteiger partial charge in [-0.25, -0.2) is 10.9 Å². The SMILES string of the molecule is N#Cc1cccc(N(N)C(=N)N)c1. The largest absolute Gasteiger partial charge is 0.369 e. The van der Waals surface area contributed by atoms with E-state index in [4.69, 9.17) is 22.2 Å². The molecule has 0 aliphatic carbocycles. The number of nitrogens with one attached hydrogen (secondary N) is 1. The first kappa shape index (κ1) is 9.03. The van der Waals surface area contributed by atoms with Crippen LogP contribution in [0.1, 0.15) is 5.56 Å². The molecule has 1 aromatic carbocycles. The summed E-state index contributed by atoms with van der Waals surface area (Å²) >= 11 is 0. The van der Waals surface area contributed by atoms with E-state index in [-0.39, 0.29) is 5.96 Å². The molecule has 66 valence electrons. The maximum Gasteiger partial charge on any atom is 0.207 e. The molecule has 0 aromatic heterocycles. The summed E-state index contributed by atoms with van der Waals surface area (Å²) in [5.74, 6) is 5.17. The Balaban J connectivity index is 3.03. The van der Waals surface area contributed by atoms with Crippen LogP contribution in [-0.4, -0.2) is 5.96 Å². The van der Waals surface area contributed by atoms with Crippen LogP contribution in [0.2, 0.25) is 0 Å². The van der Waals surface area contributed by atoms with Gasteiger partial charge in [-0.2, -0.15) is 5.26 Å². The molecular formula is C8H9N5. The highest BCUT2D eigenvalue weighted by Crippen LogP contribution is 2.11. The molecule has 0 aliphatic rings. The molecule has 0 radical (unpaired) electrons. The third-order valence-electron chi connectivity index (χ3n) is 1.51. The number of nitrogens with zero attached hydrogens (tertiary/aromatic N) is 2. The van der Waals surface area contributed by atoms with Crippen molar-refractivity contribution in [3.05, 3.63) is 29.8 Å². The van der Waals surface area contributed by atoms with Crippen molar-refractivity contribution in [2.45, 2.75) is 0 Å². The van der Waals surface area contributed by atoms with Crippen molar-refractivity contribution in [1.82, 2.24) is 0 Å². The van der Waals surface area contributed by atoms with Crippen molar-refractivity contribution in [3.8, 4) is 6.07 Å². The van der Waals surface area contributed by atoms with Gasteiger partial charge in [0.05, 0.1) is 17.3 Å². The van der Waals surface area contributed by atoms with Crippen LogP contribution in [-0.2, 0) is 0 Å². The first-order chi connectivity index (χ1) is 6.15. The van der Waals surface area contributed by atoms with Crippen LogP contribution in [0, 0.1) is 16.7 Å². The minimum atomic E-state index is -0.268. The minimum absolute atomic E-state index is 0.268. The van der Waals surface area contributed by atoms with E-state index in [0.29, 0.717) is 11.3 Å². The van der Waals surface area contributed by atoms with Crippen LogP contribution in [0.15, 0.2) is 24.3 Å². The maximum absolute atomic E-state index is 8.59. The lowest BCUT2D eigenvalue weighted by Crippen LogP contribution is -2.42. The first-order valence-electron chi connectivity index (χ1n) is 3.54. The normalized spacial score (nSPS) is 8.92. The molecular weight excluding hydrogens is 166 g/mol. The van der Waals surface area contributed by atoms with E-state index in [9.17, 15) is 0 Å².